The maximum absolute atomic E-state index is 12.2. The molecule has 1 saturated heterocycles. The molecule has 1 atom stereocenters. The van der Waals surface area contributed by atoms with Crippen LogP contribution in [0.2, 0.25) is 0 Å². The lowest BCUT2D eigenvalue weighted by Gasteiger charge is -2.18. The van der Waals surface area contributed by atoms with Crippen molar-refractivity contribution in [3.8, 4) is 11.5 Å². The summed E-state index contributed by atoms with van der Waals surface area (Å²) in [5.41, 5.74) is 0.681. The molecule has 1 aromatic carbocycles. The van der Waals surface area contributed by atoms with E-state index < -0.39 is 0 Å². The Morgan fingerprint density at radius 2 is 2.10 bits per heavy atom. The number of ether oxygens (including phenoxy) is 2. The van der Waals surface area contributed by atoms with Crippen LogP contribution in [-0.2, 0) is 0 Å². The summed E-state index contributed by atoms with van der Waals surface area (Å²) in [7, 11) is 0. The highest BCUT2D eigenvalue weighted by Crippen LogP contribution is 2.31. The van der Waals surface area contributed by atoms with E-state index in [9.17, 15) is 9.90 Å². The van der Waals surface area contributed by atoms with Crippen molar-refractivity contribution < 1.29 is 19.4 Å². The van der Waals surface area contributed by atoms with Crippen molar-refractivity contribution in [3.63, 3.8) is 0 Å². The molecule has 0 bridgehead atoms. The zero-order valence-corrected chi connectivity index (χ0v) is 12.1. The van der Waals surface area contributed by atoms with E-state index in [4.69, 9.17) is 9.47 Å². The third-order valence-electron chi connectivity index (χ3n) is 3.99. The second-order valence-electron chi connectivity index (χ2n) is 5.63. The van der Waals surface area contributed by atoms with Crippen molar-refractivity contribution in [2.24, 2.45) is 0 Å². The van der Waals surface area contributed by atoms with Gasteiger partial charge in [-0.1, -0.05) is 0 Å². The smallest absolute Gasteiger partial charge is 0.163 e. The first-order valence-electron chi connectivity index (χ1n) is 7.55. The van der Waals surface area contributed by atoms with Crippen molar-refractivity contribution in [3.05, 3.63) is 23.8 Å². The quantitative estimate of drug-likeness (QED) is 0.833. The van der Waals surface area contributed by atoms with Crippen LogP contribution in [0.1, 0.15) is 29.6 Å². The molecule has 5 nitrogen and oxygen atoms in total. The van der Waals surface area contributed by atoms with E-state index in [2.05, 4.69) is 4.90 Å². The van der Waals surface area contributed by atoms with Gasteiger partial charge in [-0.25, -0.2) is 0 Å². The van der Waals surface area contributed by atoms with E-state index in [0.717, 1.165) is 32.5 Å². The highest BCUT2D eigenvalue weighted by atomic mass is 16.6. The highest BCUT2D eigenvalue weighted by Gasteiger charge is 2.20. The Hall–Kier alpha value is -1.59. The molecule has 3 rings (SSSR count). The maximum Gasteiger partial charge on any atom is 0.163 e. The lowest BCUT2D eigenvalue weighted by Crippen LogP contribution is -2.23. The zero-order chi connectivity index (χ0) is 14.7. The van der Waals surface area contributed by atoms with E-state index in [1.54, 1.807) is 18.2 Å². The van der Waals surface area contributed by atoms with Crippen LogP contribution in [-0.4, -0.2) is 54.7 Å². The van der Waals surface area contributed by atoms with Crippen LogP contribution in [0, 0.1) is 0 Å². The first-order valence-corrected chi connectivity index (χ1v) is 7.55. The fraction of sp³-hybridized carbons (Fsp3) is 0.562. The second kappa shape index (κ2) is 6.45. The van der Waals surface area contributed by atoms with Gasteiger partial charge in [-0.2, -0.15) is 0 Å². The minimum absolute atomic E-state index is 0.131. The number of hydrogen-bond acceptors (Lipinski definition) is 5. The molecular weight excluding hydrogens is 270 g/mol. The number of benzene rings is 1. The largest absolute Gasteiger partial charge is 0.486 e. The number of aliphatic hydroxyl groups is 1. The number of carbonyl (C=O) groups is 1. The second-order valence-corrected chi connectivity index (χ2v) is 5.63. The van der Waals surface area contributed by atoms with Crippen molar-refractivity contribution >= 4 is 5.78 Å². The summed E-state index contributed by atoms with van der Waals surface area (Å²) in [6.07, 6.45) is 1.99. The Morgan fingerprint density at radius 3 is 2.86 bits per heavy atom. The summed E-state index contributed by atoms with van der Waals surface area (Å²) in [5, 5.41) is 9.46. The van der Waals surface area contributed by atoms with Gasteiger partial charge in [0.2, 0.25) is 0 Å². The predicted molar refractivity (Wildman–Crippen MR) is 78.1 cm³/mol. The Kier molecular flexibility index (Phi) is 4.41. The van der Waals surface area contributed by atoms with Crippen LogP contribution in [0.25, 0.3) is 0 Å². The molecule has 5 heteroatoms. The van der Waals surface area contributed by atoms with E-state index in [1.165, 1.54) is 0 Å². The number of Topliss-reactive ketones (excluding diaryl/α,β-unsaturated/α-hetero) is 1. The lowest BCUT2D eigenvalue weighted by molar-refractivity contribution is 0.0974. The predicted octanol–water partition coefficient (Wildman–Crippen LogP) is 1.49. The molecule has 0 aliphatic carbocycles. The Labute approximate surface area is 124 Å². The lowest BCUT2D eigenvalue weighted by atomic mass is 10.1. The van der Waals surface area contributed by atoms with Crippen molar-refractivity contribution in [1.29, 1.82) is 0 Å². The van der Waals surface area contributed by atoms with Gasteiger partial charge in [-0.05, 0) is 37.6 Å². The number of likely N-dealkylation sites (tertiary alicyclic amines) is 1. The summed E-state index contributed by atoms with van der Waals surface area (Å²) in [5.74, 6) is 1.50. The Balaban J connectivity index is 1.51. The fourth-order valence-corrected chi connectivity index (χ4v) is 2.84. The van der Waals surface area contributed by atoms with Crippen LogP contribution in [0.3, 0.4) is 0 Å². The highest BCUT2D eigenvalue weighted by molar-refractivity contribution is 5.96. The molecule has 21 heavy (non-hydrogen) atoms. The van der Waals surface area contributed by atoms with Gasteiger partial charge in [0.1, 0.15) is 13.2 Å². The molecular formula is C16H21NO4. The molecule has 0 aromatic heterocycles. The minimum atomic E-state index is -0.196. The third kappa shape index (κ3) is 3.54. The molecule has 0 spiro atoms. The van der Waals surface area contributed by atoms with E-state index in [1.807, 2.05) is 0 Å². The van der Waals surface area contributed by atoms with Gasteiger partial charge < -0.3 is 19.5 Å². The van der Waals surface area contributed by atoms with Gasteiger partial charge in [0.25, 0.3) is 0 Å². The van der Waals surface area contributed by atoms with Crippen LogP contribution in [0.5, 0.6) is 11.5 Å². The van der Waals surface area contributed by atoms with Gasteiger partial charge in [0.15, 0.2) is 17.3 Å². The molecule has 0 saturated carbocycles. The first kappa shape index (κ1) is 14.4. The van der Waals surface area contributed by atoms with E-state index >= 15 is 0 Å². The molecule has 1 fully saturated rings. The number of aliphatic hydroxyl groups excluding tert-OH is 1. The van der Waals surface area contributed by atoms with Gasteiger partial charge in [-0.3, -0.25) is 4.79 Å². The third-order valence-corrected chi connectivity index (χ3v) is 3.99. The standard InChI is InChI=1S/C16H21NO4/c18-13-5-7-17(11-13)6-1-2-14(19)12-3-4-15-16(10-12)21-9-8-20-15/h3-4,10,13,18H,1-2,5-9,11H2/t13-/m1/s1. The number of hydrogen-bond donors (Lipinski definition) is 1. The average molecular weight is 291 g/mol. The number of nitrogens with zero attached hydrogens (tertiary/aromatic N) is 1. The molecule has 2 heterocycles. The molecule has 1 N–H and O–H groups in total. The molecule has 2 aliphatic heterocycles. The van der Waals surface area contributed by atoms with Gasteiger partial charge >= 0.3 is 0 Å². The van der Waals surface area contributed by atoms with Gasteiger partial charge in [0, 0.05) is 25.1 Å². The molecule has 2 aliphatic rings. The molecule has 0 amide bonds. The summed E-state index contributed by atoms with van der Waals surface area (Å²) in [4.78, 5) is 14.4. The topological polar surface area (TPSA) is 59.0 Å². The van der Waals surface area contributed by atoms with Crippen LogP contribution in [0.15, 0.2) is 18.2 Å². The van der Waals surface area contributed by atoms with Crippen LogP contribution < -0.4 is 9.47 Å². The number of rotatable bonds is 5. The molecule has 0 radical (unpaired) electrons. The number of fused-ring (bicyclic) bond motifs is 1. The maximum atomic E-state index is 12.2. The van der Waals surface area contributed by atoms with Crippen molar-refractivity contribution in [1.82, 2.24) is 4.90 Å². The Morgan fingerprint density at radius 1 is 1.29 bits per heavy atom. The summed E-state index contributed by atoms with van der Waals surface area (Å²) in [6, 6.07) is 5.38. The summed E-state index contributed by atoms with van der Waals surface area (Å²) < 4.78 is 10.9. The van der Waals surface area contributed by atoms with E-state index in [-0.39, 0.29) is 11.9 Å². The molecule has 0 unspecified atom stereocenters. The minimum Gasteiger partial charge on any atom is -0.486 e. The van der Waals surface area contributed by atoms with E-state index in [0.29, 0.717) is 36.7 Å². The normalized spacial score (nSPS) is 21.5. The average Bonchev–Trinajstić information content (AvgIpc) is 2.92. The van der Waals surface area contributed by atoms with Crippen molar-refractivity contribution in [2.45, 2.75) is 25.4 Å². The fourth-order valence-electron chi connectivity index (χ4n) is 2.84. The van der Waals surface area contributed by atoms with Crippen LogP contribution in [0.4, 0.5) is 0 Å². The van der Waals surface area contributed by atoms with Gasteiger partial charge in [0.05, 0.1) is 6.10 Å². The molecule has 114 valence electrons. The number of β-amino-alcohol motifs (C(OH)–C–C–N with tert-alkyl or cyclic N) is 1. The number of ketones is 1. The monoisotopic (exact) mass is 291 g/mol. The molecule has 1 aromatic rings. The first-order chi connectivity index (χ1) is 10.2. The zero-order valence-electron chi connectivity index (χ0n) is 12.1. The summed E-state index contributed by atoms with van der Waals surface area (Å²) in [6.45, 7) is 3.62. The summed E-state index contributed by atoms with van der Waals surface area (Å²) >= 11 is 0. The number of carbonyl (C=O) groups excluding carboxylic acids is 1. The Bertz CT molecular complexity index is 517. The SMILES string of the molecule is O=C(CCCN1CC[C@@H](O)C1)c1ccc2c(c1)OCCO2. The van der Waals surface area contributed by atoms with Crippen LogP contribution >= 0.6 is 0 Å². The van der Waals surface area contributed by atoms with Gasteiger partial charge in [-0.15, -0.1) is 0 Å². The van der Waals surface area contributed by atoms with Crippen molar-refractivity contribution in [2.75, 3.05) is 32.8 Å².